The molecule has 2 saturated heterocycles. The lowest BCUT2D eigenvalue weighted by Crippen LogP contribution is -2.56. The van der Waals surface area contributed by atoms with E-state index in [1.807, 2.05) is 6.92 Å². The Morgan fingerprint density at radius 3 is 2.39 bits per heavy atom. The van der Waals surface area contributed by atoms with Gasteiger partial charge in [0.1, 0.15) is 17.0 Å². The number of Topliss-reactive ketones (excluding diaryl/α,β-unsaturated/α-hetero) is 1. The molecule has 0 radical (unpaired) electrons. The van der Waals surface area contributed by atoms with Gasteiger partial charge in [-0.15, -0.1) is 0 Å². The summed E-state index contributed by atoms with van der Waals surface area (Å²) >= 11 is 0. The van der Waals surface area contributed by atoms with Gasteiger partial charge in [0.05, 0.1) is 38.9 Å². The second kappa shape index (κ2) is 9.73. The van der Waals surface area contributed by atoms with Gasteiger partial charge in [0, 0.05) is 23.2 Å². The maximum atomic E-state index is 14.0. The summed E-state index contributed by atoms with van der Waals surface area (Å²) in [5.74, 6) is -2.63. The Hall–Kier alpha value is -3.72. The second-order valence-corrected chi connectivity index (χ2v) is 9.06. The summed E-state index contributed by atoms with van der Waals surface area (Å²) in [5, 5.41) is 3.33. The number of anilines is 1. The number of hydrogen-bond donors (Lipinski definition) is 1. The van der Waals surface area contributed by atoms with E-state index in [-0.39, 0.29) is 12.2 Å². The predicted octanol–water partition coefficient (Wildman–Crippen LogP) is 3.07. The van der Waals surface area contributed by atoms with E-state index in [1.54, 1.807) is 36.4 Å². The summed E-state index contributed by atoms with van der Waals surface area (Å²) in [6.45, 7) is 3.32. The number of esters is 1. The molecule has 0 saturated carbocycles. The van der Waals surface area contributed by atoms with Gasteiger partial charge in [0.15, 0.2) is 5.78 Å². The Kier molecular flexibility index (Phi) is 6.86. The number of rotatable bonds is 8. The highest BCUT2D eigenvalue weighted by Crippen LogP contribution is 2.53. The quantitative estimate of drug-likeness (QED) is 0.339. The summed E-state index contributed by atoms with van der Waals surface area (Å²) in [7, 11) is 4.31. The van der Waals surface area contributed by atoms with Crippen molar-refractivity contribution in [1.29, 1.82) is 0 Å². The molecule has 1 N–H and O–H groups in total. The topological polar surface area (TPSA) is 111 Å². The van der Waals surface area contributed by atoms with Gasteiger partial charge in [-0.2, -0.15) is 0 Å². The third-order valence-electron chi connectivity index (χ3n) is 7.13. The summed E-state index contributed by atoms with van der Waals surface area (Å²) in [6, 6.07) is 10.9. The molecule has 2 aliphatic rings. The molecule has 4 rings (SSSR count). The first-order valence-corrected chi connectivity index (χ1v) is 11.8. The molecule has 36 heavy (non-hydrogen) atoms. The number of amides is 2. The molecule has 2 fully saturated rings. The minimum Gasteiger partial charge on any atom is -0.497 e. The van der Waals surface area contributed by atoms with Crippen LogP contribution >= 0.6 is 0 Å². The van der Waals surface area contributed by atoms with Crippen molar-refractivity contribution >= 4 is 29.3 Å². The lowest BCUT2D eigenvalue weighted by molar-refractivity contribution is -0.152. The van der Waals surface area contributed by atoms with Crippen LogP contribution in [0.4, 0.5) is 5.69 Å². The fourth-order valence-electron chi connectivity index (χ4n) is 5.56. The van der Waals surface area contributed by atoms with Crippen LogP contribution in [0.1, 0.15) is 48.7 Å². The summed E-state index contributed by atoms with van der Waals surface area (Å²) in [5.41, 5.74) is -0.119. The minimum atomic E-state index is -1.41. The van der Waals surface area contributed by atoms with Crippen molar-refractivity contribution < 1.29 is 33.4 Å². The number of imide groups is 1. The maximum absolute atomic E-state index is 14.0. The molecule has 190 valence electrons. The van der Waals surface area contributed by atoms with Crippen LogP contribution in [0.5, 0.6) is 11.5 Å². The average molecular weight is 495 g/mol. The Bertz CT molecular complexity index is 1230. The zero-order chi connectivity index (χ0) is 26.2. The first kappa shape index (κ1) is 25.4. The number of methoxy groups -OCH3 is 3. The van der Waals surface area contributed by atoms with Crippen molar-refractivity contribution in [3.63, 3.8) is 0 Å². The number of nitrogens with zero attached hydrogens (tertiary/aromatic N) is 1. The van der Waals surface area contributed by atoms with E-state index in [2.05, 4.69) is 5.32 Å². The fourth-order valence-corrected chi connectivity index (χ4v) is 5.56. The van der Waals surface area contributed by atoms with Crippen LogP contribution in [0.25, 0.3) is 0 Å². The lowest BCUT2D eigenvalue weighted by atomic mass is 9.77. The van der Waals surface area contributed by atoms with Gasteiger partial charge in [0.25, 0.3) is 0 Å². The maximum Gasteiger partial charge on any atom is 0.326 e. The normalized spacial score (nSPS) is 25.0. The lowest BCUT2D eigenvalue weighted by Gasteiger charge is -2.32. The SMILES string of the molecule is CCC[C@]1(C(=O)OC)N[C@H](c2ccc(OC)cc2OC)[C@H]2C(=O)N(c3cccc(C(C)=O)c3)C(=O)[C@@H]21. The molecular weight excluding hydrogens is 464 g/mol. The molecule has 2 aromatic carbocycles. The first-order chi connectivity index (χ1) is 17.2. The summed E-state index contributed by atoms with van der Waals surface area (Å²) < 4.78 is 16.1. The minimum absolute atomic E-state index is 0.187. The van der Waals surface area contributed by atoms with E-state index >= 15 is 0 Å². The number of carbonyl (C=O) groups excluding carboxylic acids is 4. The number of hydrogen-bond acceptors (Lipinski definition) is 8. The number of fused-ring (bicyclic) bond motifs is 1. The van der Waals surface area contributed by atoms with Crippen LogP contribution in [-0.2, 0) is 19.1 Å². The standard InChI is InChI=1S/C27H30N2O7/c1-6-12-27(26(33)36-5)22-21(23(28-27)19-11-10-18(34-3)14-20(19)35-4)24(31)29(25(22)32)17-9-7-8-16(13-17)15(2)30/h7-11,13-14,21-23,28H,6,12H2,1-5H3/t21-,22+,23+,27-/m0/s1. The molecule has 2 aliphatic heterocycles. The third kappa shape index (κ3) is 3.83. The Labute approximate surface area is 209 Å². The molecule has 2 amide bonds. The van der Waals surface area contributed by atoms with Crippen LogP contribution in [0, 0.1) is 11.8 Å². The van der Waals surface area contributed by atoms with Crippen LogP contribution < -0.4 is 19.7 Å². The Morgan fingerprint density at radius 1 is 1.03 bits per heavy atom. The van der Waals surface area contributed by atoms with E-state index in [0.717, 1.165) is 4.90 Å². The number of carbonyl (C=O) groups is 4. The van der Waals surface area contributed by atoms with Crippen LogP contribution in [0.2, 0.25) is 0 Å². The predicted molar refractivity (Wildman–Crippen MR) is 131 cm³/mol. The monoisotopic (exact) mass is 494 g/mol. The molecule has 0 aromatic heterocycles. The van der Waals surface area contributed by atoms with Gasteiger partial charge in [-0.05, 0) is 31.5 Å². The molecule has 4 atom stereocenters. The zero-order valence-corrected chi connectivity index (χ0v) is 21.0. The molecule has 0 unspecified atom stereocenters. The van der Waals surface area contributed by atoms with Gasteiger partial charge in [-0.1, -0.05) is 31.5 Å². The van der Waals surface area contributed by atoms with Crippen molar-refractivity contribution in [2.75, 3.05) is 26.2 Å². The number of nitrogens with one attached hydrogen (secondary N) is 1. The van der Waals surface area contributed by atoms with Crippen molar-refractivity contribution in [3.8, 4) is 11.5 Å². The highest BCUT2D eigenvalue weighted by molar-refractivity contribution is 6.24. The molecule has 9 nitrogen and oxygen atoms in total. The van der Waals surface area contributed by atoms with E-state index in [9.17, 15) is 19.2 Å². The van der Waals surface area contributed by atoms with E-state index < -0.39 is 41.2 Å². The largest absolute Gasteiger partial charge is 0.497 e. The third-order valence-corrected chi connectivity index (χ3v) is 7.13. The fraction of sp³-hybridized carbons (Fsp3) is 0.407. The summed E-state index contributed by atoms with van der Waals surface area (Å²) in [4.78, 5) is 54.2. The molecule has 9 heteroatoms. The number of ketones is 1. The second-order valence-electron chi connectivity index (χ2n) is 9.06. The van der Waals surface area contributed by atoms with Gasteiger partial charge >= 0.3 is 5.97 Å². The van der Waals surface area contributed by atoms with Gasteiger partial charge in [-0.3, -0.25) is 24.5 Å². The van der Waals surface area contributed by atoms with Crippen LogP contribution in [0.3, 0.4) is 0 Å². The van der Waals surface area contributed by atoms with Crippen molar-refractivity contribution in [2.24, 2.45) is 11.8 Å². The van der Waals surface area contributed by atoms with Gasteiger partial charge in [-0.25, -0.2) is 4.90 Å². The molecule has 2 aromatic rings. The molecule has 2 heterocycles. The van der Waals surface area contributed by atoms with Gasteiger partial charge in [0.2, 0.25) is 11.8 Å². The summed E-state index contributed by atoms with van der Waals surface area (Å²) in [6.07, 6.45) is 0.856. The van der Waals surface area contributed by atoms with Crippen LogP contribution in [-0.4, -0.2) is 50.4 Å². The first-order valence-electron chi connectivity index (χ1n) is 11.8. The van der Waals surface area contributed by atoms with Crippen LogP contribution in [0.15, 0.2) is 42.5 Å². The Balaban J connectivity index is 1.90. The zero-order valence-electron chi connectivity index (χ0n) is 21.0. The Morgan fingerprint density at radius 2 is 1.78 bits per heavy atom. The molecule has 0 spiro atoms. The molecule has 0 bridgehead atoms. The van der Waals surface area contributed by atoms with Gasteiger partial charge < -0.3 is 14.2 Å². The smallest absolute Gasteiger partial charge is 0.326 e. The molecular formula is C27H30N2O7. The average Bonchev–Trinajstić information content (AvgIpc) is 3.36. The van der Waals surface area contributed by atoms with E-state index in [4.69, 9.17) is 14.2 Å². The number of ether oxygens (including phenoxy) is 3. The van der Waals surface area contributed by atoms with Crippen molar-refractivity contribution in [1.82, 2.24) is 5.32 Å². The highest BCUT2D eigenvalue weighted by Gasteiger charge is 2.68. The van der Waals surface area contributed by atoms with Crippen molar-refractivity contribution in [3.05, 3.63) is 53.6 Å². The molecule has 0 aliphatic carbocycles. The van der Waals surface area contributed by atoms with E-state index in [0.29, 0.717) is 34.7 Å². The number of benzene rings is 2. The highest BCUT2D eigenvalue weighted by atomic mass is 16.5. The van der Waals surface area contributed by atoms with E-state index in [1.165, 1.54) is 34.3 Å². The van der Waals surface area contributed by atoms with Crippen molar-refractivity contribution in [2.45, 2.75) is 38.3 Å².